The summed E-state index contributed by atoms with van der Waals surface area (Å²) < 4.78 is 13.1. The Morgan fingerprint density at radius 3 is 2.50 bits per heavy atom. The van der Waals surface area contributed by atoms with Crippen molar-refractivity contribution in [2.45, 2.75) is 6.61 Å². The number of rotatable bonds is 2. The van der Waals surface area contributed by atoms with Crippen molar-refractivity contribution in [1.29, 1.82) is 0 Å². The van der Waals surface area contributed by atoms with Crippen molar-refractivity contribution in [3.63, 3.8) is 0 Å². The third kappa shape index (κ3) is 1.87. The van der Waals surface area contributed by atoms with Gasteiger partial charge < -0.3 is 0 Å². The van der Waals surface area contributed by atoms with Crippen molar-refractivity contribution in [2.24, 2.45) is 5.90 Å². The van der Waals surface area contributed by atoms with Gasteiger partial charge in [-0.25, -0.2) is 10.3 Å². The number of hydrogen-bond acceptors (Lipinski definition) is 2. The summed E-state index contributed by atoms with van der Waals surface area (Å²) in [5.74, 6) is 4.19. The molecule has 0 bridgehead atoms. The van der Waals surface area contributed by atoms with Crippen molar-refractivity contribution in [3.8, 4) is 0 Å². The van der Waals surface area contributed by atoms with E-state index >= 15 is 0 Å². The maximum atomic E-state index is 13.1. The van der Waals surface area contributed by atoms with Gasteiger partial charge in [0.05, 0.1) is 11.6 Å². The normalized spacial score (nSPS) is 10.3. The molecule has 0 heterocycles. The quantitative estimate of drug-likeness (QED) is 0.601. The molecular weight excluding hydrogens is 204 g/mol. The first kappa shape index (κ1) is 9.74. The van der Waals surface area contributed by atoms with Crippen LogP contribution in [0.2, 0.25) is 10.0 Å². The molecule has 0 aliphatic rings. The van der Waals surface area contributed by atoms with E-state index < -0.39 is 5.82 Å². The van der Waals surface area contributed by atoms with Crippen LogP contribution in [0.5, 0.6) is 0 Å². The number of halogens is 3. The first-order valence-corrected chi connectivity index (χ1v) is 3.86. The van der Waals surface area contributed by atoms with Gasteiger partial charge in [0.1, 0.15) is 5.82 Å². The van der Waals surface area contributed by atoms with E-state index in [0.29, 0.717) is 0 Å². The lowest BCUT2D eigenvalue weighted by molar-refractivity contribution is 0.121. The molecule has 5 heteroatoms. The molecular formula is C7H6Cl2FNO. The fourth-order valence-corrected chi connectivity index (χ4v) is 1.16. The Bertz CT molecular complexity index is 293. The zero-order chi connectivity index (χ0) is 9.14. The highest BCUT2D eigenvalue weighted by Gasteiger charge is 2.10. The molecule has 12 heavy (non-hydrogen) atoms. The van der Waals surface area contributed by atoms with Gasteiger partial charge in [0, 0.05) is 10.6 Å². The minimum Gasteiger partial charge on any atom is -0.300 e. The monoisotopic (exact) mass is 209 g/mol. The lowest BCUT2D eigenvalue weighted by Crippen LogP contribution is -2.02. The maximum Gasteiger partial charge on any atom is 0.148 e. The van der Waals surface area contributed by atoms with Gasteiger partial charge in [0.2, 0.25) is 0 Å². The van der Waals surface area contributed by atoms with E-state index in [2.05, 4.69) is 4.84 Å². The molecule has 0 aliphatic heterocycles. The number of hydrogen-bond donors (Lipinski definition) is 1. The first-order valence-electron chi connectivity index (χ1n) is 3.11. The van der Waals surface area contributed by atoms with Crippen LogP contribution >= 0.6 is 23.2 Å². The second-order valence-corrected chi connectivity index (χ2v) is 2.95. The summed E-state index contributed by atoms with van der Waals surface area (Å²) in [5, 5.41) is 0.258. The van der Waals surface area contributed by atoms with E-state index in [-0.39, 0.29) is 22.2 Å². The SMILES string of the molecule is NOCc1c(Cl)ccc(Cl)c1F. The Balaban J connectivity index is 3.14. The van der Waals surface area contributed by atoms with Crippen LogP contribution in [0.4, 0.5) is 4.39 Å². The van der Waals surface area contributed by atoms with Crippen molar-refractivity contribution < 1.29 is 9.23 Å². The fraction of sp³-hybridized carbons (Fsp3) is 0.143. The molecule has 2 N–H and O–H groups in total. The molecule has 0 atom stereocenters. The molecule has 66 valence electrons. The Morgan fingerprint density at radius 1 is 1.33 bits per heavy atom. The summed E-state index contributed by atoms with van der Waals surface area (Å²) >= 11 is 11.1. The second-order valence-electron chi connectivity index (χ2n) is 2.13. The van der Waals surface area contributed by atoms with Crippen LogP contribution < -0.4 is 5.90 Å². The van der Waals surface area contributed by atoms with Gasteiger partial charge in [-0.05, 0) is 12.1 Å². The van der Waals surface area contributed by atoms with E-state index in [1.807, 2.05) is 0 Å². The molecule has 0 saturated heterocycles. The zero-order valence-corrected chi connectivity index (χ0v) is 7.49. The van der Waals surface area contributed by atoms with Gasteiger partial charge in [-0.15, -0.1) is 0 Å². The van der Waals surface area contributed by atoms with Crippen molar-refractivity contribution in [1.82, 2.24) is 0 Å². The van der Waals surface area contributed by atoms with Crippen LogP contribution in [0.3, 0.4) is 0 Å². The molecule has 0 aromatic heterocycles. The predicted molar refractivity (Wildman–Crippen MR) is 45.4 cm³/mol. The zero-order valence-electron chi connectivity index (χ0n) is 5.98. The Hall–Kier alpha value is -0.350. The minimum atomic E-state index is -0.588. The van der Waals surface area contributed by atoms with E-state index in [1.165, 1.54) is 12.1 Å². The van der Waals surface area contributed by atoms with Gasteiger partial charge in [0.15, 0.2) is 0 Å². The van der Waals surface area contributed by atoms with Crippen LogP contribution in [0.25, 0.3) is 0 Å². The maximum absolute atomic E-state index is 13.1. The molecule has 0 aliphatic carbocycles. The minimum absolute atomic E-state index is 0.00597. The van der Waals surface area contributed by atoms with Crippen LogP contribution in [0.1, 0.15) is 5.56 Å². The smallest absolute Gasteiger partial charge is 0.148 e. The molecule has 0 unspecified atom stereocenters. The van der Waals surface area contributed by atoms with E-state index in [0.717, 1.165) is 0 Å². The van der Waals surface area contributed by atoms with Gasteiger partial charge in [-0.3, -0.25) is 4.84 Å². The average Bonchev–Trinajstić information content (AvgIpc) is 2.06. The topological polar surface area (TPSA) is 35.2 Å². The van der Waals surface area contributed by atoms with Gasteiger partial charge in [-0.1, -0.05) is 23.2 Å². The van der Waals surface area contributed by atoms with Crippen molar-refractivity contribution in [2.75, 3.05) is 0 Å². The third-order valence-electron chi connectivity index (χ3n) is 1.37. The second kappa shape index (κ2) is 4.05. The lowest BCUT2D eigenvalue weighted by Gasteiger charge is -2.04. The summed E-state index contributed by atoms with van der Waals surface area (Å²) in [6.07, 6.45) is 0. The summed E-state index contributed by atoms with van der Waals surface area (Å²) in [6, 6.07) is 2.86. The highest BCUT2D eigenvalue weighted by Crippen LogP contribution is 2.25. The molecule has 1 rings (SSSR count). The van der Waals surface area contributed by atoms with Crippen molar-refractivity contribution in [3.05, 3.63) is 33.6 Å². The highest BCUT2D eigenvalue weighted by molar-refractivity contribution is 6.33. The van der Waals surface area contributed by atoms with Crippen LogP contribution in [-0.2, 0) is 11.4 Å². The molecule has 0 fully saturated rings. The number of nitrogens with two attached hydrogens (primary N) is 1. The van der Waals surface area contributed by atoms with Crippen LogP contribution in [-0.4, -0.2) is 0 Å². The highest BCUT2D eigenvalue weighted by atomic mass is 35.5. The van der Waals surface area contributed by atoms with Crippen LogP contribution in [0, 0.1) is 5.82 Å². The lowest BCUT2D eigenvalue weighted by atomic mass is 10.2. The number of benzene rings is 1. The Labute approximate surface area is 79.0 Å². The first-order chi connectivity index (χ1) is 5.66. The molecule has 0 spiro atoms. The molecule has 0 saturated carbocycles. The van der Waals surface area contributed by atoms with Crippen LogP contribution in [0.15, 0.2) is 12.1 Å². The molecule has 2 nitrogen and oxygen atoms in total. The predicted octanol–water partition coefficient (Wildman–Crippen LogP) is 2.52. The molecule has 1 aromatic carbocycles. The summed E-state index contributed by atoms with van der Waals surface area (Å²) in [5.41, 5.74) is 0.173. The van der Waals surface area contributed by atoms with E-state index in [4.69, 9.17) is 29.1 Å². The van der Waals surface area contributed by atoms with Crippen molar-refractivity contribution >= 4 is 23.2 Å². The molecule has 1 aromatic rings. The Morgan fingerprint density at radius 2 is 1.92 bits per heavy atom. The van der Waals surface area contributed by atoms with E-state index in [1.54, 1.807) is 0 Å². The molecule has 0 amide bonds. The van der Waals surface area contributed by atoms with Gasteiger partial charge in [0.25, 0.3) is 0 Å². The standard InChI is InChI=1S/C7H6Cl2FNO/c8-5-1-2-6(9)7(10)4(5)3-12-11/h1-2H,3,11H2. The summed E-state index contributed by atoms with van der Waals surface area (Å²) in [6.45, 7) is -0.0920. The van der Waals surface area contributed by atoms with Gasteiger partial charge in [-0.2, -0.15) is 0 Å². The largest absolute Gasteiger partial charge is 0.300 e. The Kier molecular flexibility index (Phi) is 3.29. The average molecular weight is 210 g/mol. The van der Waals surface area contributed by atoms with Gasteiger partial charge >= 0.3 is 0 Å². The summed E-state index contributed by atoms with van der Waals surface area (Å²) in [7, 11) is 0. The molecule has 0 radical (unpaired) electrons. The van der Waals surface area contributed by atoms with E-state index in [9.17, 15) is 4.39 Å². The summed E-state index contributed by atoms with van der Waals surface area (Å²) in [4.78, 5) is 4.26. The third-order valence-corrected chi connectivity index (χ3v) is 2.01. The fourth-order valence-electron chi connectivity index (χ4n) is 0.785.